The van der Waals surface area contributed by atoms with Crippen LogP contribution in [0.1, 0.15) is 31.2 Å². The smallest absolute Gasteiger partial charge is 0.127 e. The number of likely N-dealkylation sites (N-methyl/N-ethyl adjacent to an activating group) is 1. The average molecular weight is 269 g/mol. The van der Waals surface area contributed by atoms with Crippen LogP contribution in [0.4, 0.5) is 5.69 Å². The van der Waals surface area contributed by atoms with Gasteiger partial charge < -0.3 is 4.90 Å². The van der Waals surface area contributed by atoms with E-state index in [2.05, 4.69) is 54.5 Å². The number of benzene rings is 1. The summed E-state index contributed by atoms with van der Waals surface area (Å²) >= 11 is 0. The van der Waals surface area contributed by atoms with Crippen molar-refractivity contribution in [2.45, 2.75) is 44.2 Å². The molecule has 0 amide bonds. The molecule has 1 N–H and O–H groups in total. The van der Waals surface area contributed by atoms with Crippen LogP contribution in [-0.4, -0.2) is 25.2 Å². The van der Waals surface area contributed by atoms with Crippen LogP contribution in [0.25, 0.3) is 0 Å². The lowest BCUT2D eigenvalue weighted by Crippen LogP contribution is -2.54. The number of anilines is 1. The van der Waals surface area contributed by atoms with Crippen molar-refractivity contribution >= 4 is 5.69 Å². The van der Waals surface area contributed by atoms with Gasteiger partial charge >= 0.3 is 0 Å². The Morgan fingerprint density at radius 2 is 1.90 bits per heavy atom. The molecule has 0 heterocycles. The monoisotopic (exact) mass is 269 g/mol. The van der Waals surface area contributed by atoms with E-state index < -0.39 is 0 Å². The Kier molecular flexibility index (Phi) is 3.43. The number of nitriles is 1. The van der Waals surface area contributed by atoms with Crippen molar-refractivity contribution in [3.8, 4) is 6.07 Å². The molecule has 2 aliphatic carbocycles. The van der Waals surface area contributed by atoms with Gasteiger partial charge in [-0.15, -0.1) is 0 Å². The van der Waals surface area contributed by atoms with Crippen LogP contribution in [0.2, 0.25) is 0 Å². The normalized spacial score (nSPS) is 21.1. The summed E-state index contributed by atoms with van der Waals surface area (Å²) in [5.41, 5.74) is 2.10. The van der Waals surface area contributed by atoms with E-state index in [-0.39, 0.29) is 5.54 Å². The molecule has 0 bridgehead atoms. The lowest BCUT2D eigenvalue weighted by atomic mass is 9.93. The first kappa shape index (κ1) is 13.5. The second kappa shape index (κ2) is 5.10. The Hall–Kier alpha value is -1.53. The zero-order valence-electron chi connectivity index (χ0n) is 12.4. The second-order valence-electron chi connectivity index (χ2n) is 6.47. The van der Waals surface area contributed by atoms with Crippen LogP contribution in [-0.2, 0) is 0 Å². The summed E-state index contributed by atoms with van der Waals surface area (Å²) < 4.78 is 0. The van der Waals surface area contributed by atoms with Crippen molar-refractivity contribution in [2.75, 3.05) is 18.5 Å². The Balaban J connectivity index is 1.75. The van der Waals surface area contributed by atoms with Crippen molar-refractivity contribution < 1.29 is 0 Å². The SMILES string of the molecule is Cc1ccc(N(C)CC(C#N)(NC2CC2)C2CC2)cc1. The molecule has 3 heteroatoms. The van der Waals surface area contributed by atoms with Crippen LogP contribution < -0.4 is 10.2 Å². The van der Waals surface area contributed by atoms with E-state index in [0.717, 1.165) is 6.54 Å². The molecule has 0 saturated heterocycles. The number of rotatable bonds is 6. The molecule has 106 valence electrons. The highest BCUT2D eigenvalue weighted by Gasteiger charge is 2.48. The summed E-state index contributed by atoms with van der Waals surface area (Å²) in [6, 6.07) is 11.7. The lowest BCUT2D eigenvalue weighted by molar-refractivity contribution is 0.365. The van der Waals surface area contributed by atoms with Crippen LogP contribution in [0.15, 0.2) is 24.3 Å². The van der Waals surface area contributed by atoms with Crippen molar-refractivity contribution in [1.82, 2.24) is 5.32 Å². The summed E-state index contributed by atoms with van der Waals surface area (Å²) in [4.78, 5) is 2.22. The predicted octanol–water partition coefficient (Wildman–Crippen LogP) is 2.86. The van der Waals surface area contributed by atoms with Gasteiger partial charge in [0.25, 0.3) is 0 Å². The molecule has 1 aromatic rings. The van der Waals surface area contributed by atoms with Crippen LogP contribution in [0, 0.1) is 24.2 Å². The number of aryl methyl sites for hydroxylation is 1. The molecule has 0 radical (unpaired) electrons. The minimum absolute atomic E-state index is 0.360. The molecule has 2 aliphatic rings. The summed E-state index contributed by atoms with van der Waals surface area (Å²) in [7, 11) is 2.09. The standard InChI is InChI=1S/C17H23N3/c1-13-3-9-16(10-4-13)20(2)12-17(11-18,14-5-6-14)19-15-7-8-15/h3-4,9-10,14-15,19H,5-8,12H2,1-2H3. The van der Waals surface area contributed by atoms with Crippen molar-refractivity contribution in [3.63, 3.8) is 0 Å². The van der Waals surface area contributed by atoms with Crippen LogP contribution >= 0.6 is 0 Å². The van der Waals surface area contributed by atoms with Gasteiger partial charge in [0.15, 0.2) is 0 Å². The third-order valence-corrected chi connectivity index (χ3v) is 4.47. The molecule has 0 spiro atoms. The number of hydrogen-bond donors (Lipinski definition) is 1. The third-order valence-electron chi connectivity index (χ3n) is 4.47. The predicted molar refractivity (Wildman–Crippen MR) is 81.7 cm³/mol. The van der Waals surface area contributed by atoms with E-state index in [4.69, 9.17) is 0 Å². The maximum absolute atomic E-state index is 9.76. The highest BCUT2D eigenvalue weighted by molar-refractivity contribution is 5.48. The van der Waals surface area contributed by atoms with Gasteiger partial charge in [-0.2, -0.15) is 5.26 Å². The largest absolute Gasteiger partial charge is 0.372 e. The molecule has 2 saturated carbocycles. The maximum Gasteiger partial charge on any atom is 0.127 e. The summed E-state index contributed by atoms with van der Waals surface area (Å²) in [5.74, 6) is 0.529. The summed E-state index contributed by atoms with van der Waals surface area (Å²) in [6.45, 7) is 2.87. The fourth-order valence-corrected chi connectivity index (χ4v) is 2.88. The molecule has 1 aromatic carbocycles. The molecular weight excluding hydrogens is 246 g/mol. The van der Waals surface area contributed by atoms with Gasteiger partial charge in [-0.05, 0) is 50.7 Å². The minimum Gasteiger partial charge on any atom is -0.372 e. The lowest BCUT2D eigenvalue weighted by Gasteiger charge is -2.34. The molecule has 1 atom stereocenters. The van der Waals surface area contributed by atoms with E-state index in [1.54, 1.807) is 0 Å². The van der Waals surface area contributed by atoms with Gasteiger partial charge in [0, 0.05) is 25.3 Å². The van der Waals surface area contributed by atoms with Gasteiger partial charge in [0.2, 0.25) is 0 Å². The van der Waals surface area contributed by atoms with E-state index in [0.29, 0.717) is 12.0 Å². The van der Waals surface area contributed by atoms with Crippen molar-refractivity contribution in [2.24, 2.45) is 5.92 Å². The van der Waals surface area contributed by atoms with Crippen molar-refractivity contribution in [1.29, 1.82) is 5.26 Å². The zero-order valence-corrected chi connectivity index (χ0v) is 12.4. The molecule has 20 heavy (non-hydrogen) atoms. The first-order valence-electron chi connectivity index (χ1n) is 7.60. The Morgan fingerprint density at radius 3 is 2.40 bits per heavy atom. The fraction of sp³-hybridized carbons (Fsp3) is 0.588. The molecule has 1 unspecified atom stereocenters. The molecular formula is C17H23N3. The summed E-state index contributed by atoms with van der Waals surface area (Å²) in [5, 5.41) is 13.4. The first-order chi connectivity index (χ1) is 9.63. The minimum atomic E-state index is -0.360. The van der Waals surface area contributed by atoms with Crippen LogP contribution in [0.3, 0.4) is 0 Å². The average Bonchev–Trinajstić information content (AvgIpc) is 3.31. The highest BCUT2D eigenvalue weighted by atomic mass is 15.2. The van der Waals surface area contributed by atoms with E-state index in [1.165, 1.54) is 36.9 Å². The van der Waals surface area contributed by atoms with Gasteiger partial charge in [0.05, 0.1) is 6.07 Å². The highest BCUT2D eigenvalue weighted by Crippen LogP contribution is 2.42. The zero-order chi connectivity index (χ0) is 14.2. The van der Waals surface area contributed by atoms with Crippen LogP contribution in [0.5, 0.6) is 0 Å². The second-order valence-corrected chi connectivity index (χ2v) is 6.47. The molecule has 0 aromatic heterocycles. The third kappa shape index (κ3) is 2.81. The van der Waals surface area contributed by atoms with Gasteiger partial charge in [-0.25, -0.2) is 0 Å². The Morgan fingerprint density at radius 1 is 1.25 bits per heavy atom. The Labute approximate surface area is 121 Å². The molecule has 3 nitrogen and oxygen atoms in total. The number of nitrogens with zero attached hydrogens (tertiary/aromatic N) is 2. The topological polar surface area (TPSA) is 39.1 Å². The quantitative estimate of drug-likeness (QED) is 0.863. The van der Waals surface area contributed by atoms with Crippen molar-refractivity contribution in [3.05, 3.63) is 29.8 Å². The molecule has 0 aliphatic heterocycles. The van der Waals surface area contributed by atoms with E-state index >= 15 is 0 Å². The van der Waals surface area contributed by atoms with Gasteiger partial charge in [-0.3, -0.25) is 5.32 Å². The molecule has 2 fully saturated rings. The summed E-state index contributed by atoms with van der Waals surface area (Å²) in [6.07, 6.45) is 4.83. The van der Waals surface area contributed by atoms with E-state index in [1.807, 2.05) is 0 Å². The fourth-order valence-electron chi connectivity index (χ4n) is 2.88. The Bertz CT molecular complexity index is 508. The first-order valence-corrected chi connectivity index (χ1v) is 7.60. The van der Waals surface area contributed by atoms with Gasteiger partial charge in [0.1, 0.15) is 5.54 Å². The van der Waals surface area contributed by atoms with Gasteiger partial charge in [-0.1, -0.05) is 17.7 Å². The van der Waals surface area contributed by atoms with E-state index in [9.17, 15) is 5.26 Å². The number of hydrogen-bond acceptors (Lipinski definition) is 3. The molecule has 3 rings (SSSR count). The number of nitrogens with one attached hydrogen (secondary N) is 1. The maximum atomic E-state index is 9.76.